The van der Waals surface area contributed by atoms with Gasteiger partial charge in [-0.05, 0) is 41.9 Å². The van der Waals surface area contributed by atoms with Crippen LogP contribution in [-0.2, 0) is 11.3 Å². The Hall–Kier alpha value is -1.44. The predicted octanol–water partition coefficient (Wildman–Crippen LogP) is 4.01. The summed E-state index contributed by atoms with van der Waals surface area (Å²) in [4.78, 5) is 16.9. The van der Waals surface area contributed by atoms with Gasteiger partial charge in [-0.15, -0.1) is 0 Å². The zero-order valence-electron chi connectivity index (χ0n) is 15.4. The SMILES string of the molecule is COc1cc(N2CCN(C(=O)Cn3nc(Br)c(Cl)c3C)C(C)C2)ccc1Cl. The molecule has 1 atom stereocenters. The van der Waals surface area contributed by atoms with Crippen molar-refractivity contribution in [3.8, 4) is 5.75 Å². The lowest BCUT2D eigenvalue weighted by Gasteiger charge is -2.41. The molecule has 1 aromatic carbocycles. The van der Waals surface area contributed by atoms with Gasteiger partial charge in [-0.25, -0.2) is 0 Å². The Morgan fingerprint density at radius 3 is 2.70 bits per heavy atom. The molecule has 0 aliphatic carbocycles. The molecule has 1 amide bonds. The van der Waals surface area contributed by atoms with Gasteiger partial charge in [0.15, 0.2) is 0 Å². The maximum absolute atomic E-state index is 12.8. The molecule has 2 heterocycles. The van der Waals surface area contributed by atoms with Crippen LogP contribution in [0.15, 0.2) is 22.8 Å². The number of nitrogens with zero attached hydrogens (tertiary/aromatic N) is 4. The molecule has 1 fully saturated rings. The van der Waals surface area contributed by atoms with Gasteiger partial charge >= 0.3 is 0 Å². The largest absolute Gasteiger partial charge is 0.495 e. The van der Waals surface area contributed by atoms with Crippen LogP contribution in [0.4, 0.5) is 5.69 Å². The molecule has 1 saturated heterocycles. The molecule has 3 rings (SSSR count). The summed E-state index contributed by atoms with van der Waals surface area (Å²) >= 11 is 15.6. The highest BCUT2D eigenvalue weighted by atomic mass is 79.9. The Morgan fingerprint density at radius 1 is 1.37 bits per heavy atom. The Bertz CT molecular complexity index is 858. The fourth-order valence-corrected chi connectivity index (χ4v) is 4.08. The van der Waals surface area contributed by atoms with E-state index in [0.29, 0.717) is 26.9 Å². The fraction of sp³-hybridized carbons (Fsp3) is 0.444. The summed E-state index contributed by atoms with van der Waals surface area (Å²) in [5, 5.41) is 5.40. The molecule has 27 heavy (non-hydrogen) atoms. The zero-order chi connectivity index (χ0) is 19.7. The number of methoxy groups -OCH3 is 1. The third-order valence-corrected chi connectivity index (χ3v) is 6.38. The van der Waals surface area contributed by atoms with Gasteiger partial charge in [0.25, 0.3) is 0 Å². The maximum Gasteiger partial charge on any atom is 0.244 e. The van der Waals surface area contributed by atoms with Gasteiger partial charge in [0.05, 0.1) is 22.8 Å². The number of rotatable bonds is 4. The lowest BCUT2D eigenvalue weighted by molar-refractivity contribution is -0.134. The molecular weight excluding hydrogens is 455 g/mol. The monoisotopic (exact) mass is 474 g/mol. The van der Waals surface area contributed by atoms with E-state index in [1.54, 1.807) is 11.8 Å². The standard InChI is InChI=1S/C18H21BrCl2N4O2/c1-11-9-23(13-4-5-14(20)15(8-13)27-3)6-7-24(11)16(26)10-25-12(2)17(21)18(19)22-25/h4-5,8,11H,6-7,9-10H2,1-3H3. The average molecular weight is 476 g/mol. The van der Waals surface area contributed by atoms with E-state index in [2.05, 4.69) is 32.9 Å². The van der Waals surface area contributed by atoms with Gasteiger partial charge in [-0.3, -0.25) is 9.48 Å². The topological polar surface area (TPSA) is 50.6 Å². The van der Waals surface area contributed by atoms with Gasteiger partial charge in [-0.2, -0.15) is 5.10 Å². The van der Waals surface area contributed by atoms with Crippen LogP contribution in [-0.4, -0.2) is 53.4 Å². The second-order valence-corrected chi connectivity index (χ2v) is 8.09. The van der Waals surface area contributed by atoms with E-state index in [4.69, 9.17) is 27.9 Å². The van der Waals surface area contributed by atoms with E-state index in [9.17, 15) is 4.79 Å². The summed E-state index contributed by atoms with van der Waals surface area (Å²) < 4.78 is 7.50. The Kier molecular flexibility index (Phi) is 6.23. The van der Waals surface area contributed by atoms with Crippen LogP contribution in [0.25, 0.3) is 0 Å². The number of hydrogen-bond donors (Lipinski definition) is 0. The first-order valence-electron chi connectivity index (χ1n) is 8.58. The number of benzene rings is 1. The Balaban J connectivity index is 1.67. The van der Waals surface area contributed by atoms with Crippen LogP contribution in [0, 0.1) is 6.92 Å². The van der Waals surface area contributed by atoms with Gasteiger partial charge in [-0.1, -0.05) is 23.2 Å². The van der Waals surface area contributed by atoms with Crippen LogP contribution in [0.5, 0.6) is 5.75 Å². The van der Waals surface area contributed by atoms with Crippen molar-refractivity contribution in [3.05, 3.63) is 38.5 Å². The van der Waals surface area contributed by atoms with Crippen molar-refractivity contribution in [1.82, 2.24) is 14.7 Å². The van der Waals surface area contributed by atoms with Crippen molar-refractivity contribution in [2.75, 3.05) is 31.6 Å². The summed E-state index contributed by atoms with van der Waals surface area (Å²) in [5.41, 5.74) is 1.81. The van der Waals surface area contributed by atoms with Crippen LogP contribution in [0.3, 0.4) is 0 Å². The van der Waals surface area contributed by atoms with Crippen LogP contribution in [0.1, 0.15) is 12.6 Å². The molecule has 0 saturated carbocycles. The number of carbonyl (C=O) groups is 1. The smallest absolute Gasteiger partial charge is 0.244 e. The third-order valence-electron chi connectivity index (χ3n) is 4.83. The summed E-state index contributed by atoms with van der Waals surface area (Å²) in [7, 11) is 1.60. The maximum atomic E-state index is 12.8. The molecule has 1 aliphatic rings. The number of amides is 1. The van der Waals surface area contributed by atoms with E-state index >= 15 is 0 Å². The molecule has 1 aliphatic heterocycles. The van der Waals surface area contributed by atoms with E-state index in [1.165, 1.54) is 0 Å². The van der Waals surface area contributed by atoms with Crippen LogP contribution >= 0.6 is 39.1 Å². The fourth-order valence-electron chi connectivity index (χ4n) is 3.27. The number of aromatic nitrogens is 2. The van der Waals surface area contributed by atoms with Crippen molar-refractivity contribution < 1.29 is 9.53 Å². The van der Waals surface area contributed by atoms with E-state index in [0.717, 1.165) is 24.5 Å². The van der Waals surface area contributed by atoms with Gasteiger partial charge in [0.1, 0.15) is 16.9 Å². The Labute approximate surface area is 177 Å². The van der Waals surface area contributed by atoms with Gasteiger partial charge in [0, 0.05) is 37.4 Å². The molecule has 6 nitrogen and oxygen atoms in total. The minimum Gasteiger partial charge on any atom is -0.495 e. The first-order valence-corrected chi connectivity index (χ1v) is 10.1. The summed E-state index contributed by atoms with van der Waals surface area (Å²) in [5.74, 6) is 0.683. The van der Waals surface area contributed by atoms with E-state index in [1.807, 2.05) is 30.0 Å². The first-order chi connectivity index (χ1) is 12.8. The van der Waals surface area contributed by atoms with Gasteiger partial charge < -0.3 is 14.5 Å². The van der Waals surface area contributed by atoms with Crippen molar-refractivity contribution in [2.24, 2.45) is 0 Å². The molecule has 0 N–H and O–H groups in total. The number of hydrogen-bond acceptors (Lipinski definition) is 4. The van der Waals surface area contributed by atoms with Crippen molar-refractivity contribution >= 4 is 50.7 Å². The number of anilines is 1. The third kappa shape index (κ3) is 4.20. The second-order valence-electron chi connectivity index (χ2n) is 6.55. The highest BCUT2D eigenvalue weighted by molar-refractivity contribution is 9.10. The average Bonchev–Trinajstić information content (AvgIpc) is 2.88. The zero-order valence-corrected chi connectivity index (χ0v) is 18.5. The summed E-state index contributed by atoms with van der Waals surface area (Å²) in [6.45, 7) is 6.19. The molecule has 9 heteroatoms. The van der Waals surface area contributed by atoms with E-state index in [-0.39, 0.29) is 18.5 Å². The number of piperazine rings is 1. The summed E-state index contributed by atoms with van der Waals surface area (Å²) in [6, 6.07) is 5.81. The number of ether oxygens (including phenoxy) is 1. The predicted molar refractivity (Wildman–Crippen MR) is 111 cm³/mol. The number of halogens is 3. The quantitative estimate of drug-likeness (QED) is 0.670. The molecule has 0 bridgehead atoms. The number of carbonyl (C=O) groups excluding carboxylic acids is 1. The lowest BCUT2D eigenvalue weighted by atomic mass is 10.1. The van der Waals surface area contributed by atoms with Crippen molar-refractivity contribution in [2.45, 2.75) is 26.4 Å². The van der Waals surface area contributed by atoms with Crippen LogP contribution < -0.4 is 9.64 Å². The molecule has 146 valence electrons. The van der Waals surface area contributed by atoms with Crippen molar-refractivity contribution in [1.29, 1.82) is 0 Å². The van der Waals surface area contributed by atoms with Crippen LogP contribution in [0.2, 0.25) is 10.0 Å². The molecule has 0 radical (unpaired) electrons. The highest BCUT2D eigenvalue weighted by Gasteiger charge is 2.28. The summed E-state index contributed by atoms with van der Waals surface area (Å²) in [6.07, 6.45) is 0. The molecule has 1 unspecified atom stereocenters. The molecular formula is C18H21BrCl2N4O2. The second kappa shape index (κ2) is 8.29. The normalized spacial score (nSPS) is 17.3. The van der Waals surface area contributed by atoms with Crippen molar-refractivity contribution in [3.63, 3.8) is 0 Å². The molecule has 1 aromatic heterocycles. The van der Waals surface area contributed by atoms with E-state index < -0.39 is 0 Å². The highest BCUT2D eigenvalue weighted by Crippen LogP contribution is 2.30. The minimum atomic E-state index is 0.0330. The molecule has 2 aromatic rings. The molecule has 0 spiro atoms. The first kappa shape index (κ1) is 20.3. The minimum absolute atomic E-state index is 0.0330. The lowest BCUT2D eigenvalue weighted by Crippen LogP contribution is -2.54. The Morgan fingerprint density at radius 2 is 2.11 bits per heavy atom. The van der Waals surface area contributed by atoms with Gasteiger partial charge in [0.2, 0.25) is 5.91 Å².